The fourth-order valence-electron chi connectivity index (χ4n) is 11.6. The van der Waals surface area contributed by atoms with Crippen LogP contribution in [0.1, 0.15) is 114 Å². The number of ether oxygens (including phenoxy) is 2. The lowest BCUT2D eigenvalue weighted by Crippen LogP contribution is -2.51. The van der Waals surface area contributed by atoms with Gasteiger partial charge in [-0.05, 0) is 155 Å². The van der Waals surface area contributed by atoms with Crippen LogP contribution in [0.3, 0.4) is 0 Å². The number of hydrogen-bond acceptors (Lipinski definition) is 4. The molecule has 0 radical (unpaired) electrons. The van der Waals surface area contributed by atoms with Crippen LogP contribution in [0.4, 0.5) is 22.7 Å². The van der Waals surface area contributed by atoms with E-state index in [1.807, 2.05) is 0 Å². The Balaban J connectivity index is 1.13. The van der Waals surface area contributed by atoms with Crippen molar-refractivity contribution in [2.24, 2.45) is 0 Å². The molecule has 326 valence electrons. The number of aryl methyl sites for hydroxylation is 2. The van der Waals surface area contributed by atoms with Gasteiger partial charge in [0, 0.05) is 43.5 Å². The van der Waals surface area contributed by atoms with Gasteiger partial charge in [-0.1, -0.05) is 93.5 Å². The number of hydrogen-bond donors (Lipinski definition) is 0. The monoisotopic (exact) mass is 862 g/mol. The number of fused-ring (bicyclic) bond motifs is 20. The van der Waals surface area contributed by atoms with Gasteiger partial charge in [-0.25, -0.2) is 0 Å². The Morgan fingerprint density at radius 3 is 1.21 bits per heavy atom. The SMILES string of the molecule is Cc1ccc2c(c1)Oc1cc3c(cc1B1N2c2cc(C(C)C)cc4c5cc(C(C)(C)C)ccc5n1c24)Oc1cc(C)ccc1N1B3n2c3ccc(C(C)(C)C)cc3c3cc(C(C)C)cc1c32. The molecule has 0 amide bonds. The van der Waals surface area contributed by atoms with E-state index in [4.69, 9.17) is 9.47 Å². The molecule has 0 fully saturated rings. The number of aromatic nitrogens is 2. The van der Waals surface area contributed by atoms with E-state index in [-0.39, 0.29) is 24.8 Å². The van der Waals surface area contributed by atoms with Crippen LogP contribution in [-0.2, 0) is 10.8 Å². The molecule has 0 spiro atoms. The molecule has 0 aliphatic carbocycles. The zero-order valence-corrected chi connectivity index (χ0v) is 40.3. The average molecular weight is 863 g/mol. The van der Waals surface area contributed by atoms with Crippen molar-refractivity contribution in [1.82, 2.24) is 8.96 Å². The van der Waals surface area contributed by atoms with Crippen molar-refractivity contribution < 1.29 is 9.47 Å². The van der Waals surface area contributed by atoms with Gasteiger partial charge in [-0.3, -0.25) is 0 Å². The molecule has 4 aliphatic rings. The molecule has 0 N–H and O–H groups in total. The zero-order chi connectivity index (χ0) is 45.6. The lowest BCUT2D eigenvalue weighted by atomic mass is 9.61. The highest BCUT2D eigenvalue weighted by Gasteiger charge is 2.49. The fraction of sp³-hybridized carbons (Fsp3) is 0.276. The highest BCUT2D eigenvalue weighted by Crippen LogP contribution is 2.54. The Labute approximate surface area is 389 Å². The second-order valence-corrected chi connectivity index (χ2v) is 22.4. The van der Waals surface area contributed by atoms with Crippen molar-refractivity contribution >= 4 is 91.3 Å². The van der Waals surface area contributed by atoms with Gasteiger partial charge >= 0.3 is 14.0 Å². The van der Waals surface area contributed by atoms with E-state index in [0.717, 1.165) is 56.4 Å². The van der Waals surface area contributed by atoms with Crippen LogP contribution in [-0.4, -0.2) is 22.9 Å². The predicted molar refractivity (Wildman–Crippen MR) is 279 cm³/mol. The largest absolute Gasteiger partial charge is 0.456 e. The van der Waals surface area contributed by atoms with Crippen molar-refractivity contribution in [2.75, 3.05) is 9.62 Å². The molecule has 6 heterocycles. The first-order valence-electron chi connectivity index (χ1n) is 24.0. The standard InChI is InChI=1S/C58H56B2N4O2/c1-31(2)35-23-41-39-27-37(57(7,8)9)15-19-45(39)63-55(41)49(25-35)61-47-17-13-33(5)21-53(47)65-51-30-44-52(29-43(51)59(61)63)66-54-22-34(6)14-18-48(54)62-50-26-36(32(3)4)24-42-40-28-38(58(10,11)12)16-20-46(40)64(56(42)50)60(44)62/h13-32H,1-12H3. The summed E-state index contributed by atoms with van der Waals surface area (Å²) in [4.78, 5) is 5.10. The molecule has 8 heteroatoms. The molecule has 7 aromatic carbocycles. The summed E-state index contributed by atoms with van der Waals surface area (Å²) >= 11 is 0. The van der Waals surface area contributed by atoms with Crippen molar-refractivity contribution in [2.45, 2.75) is 106 Å². The van der Waals surface area contributed by atoms with E-state index in [1.165, 1.54) is 77.2 Å². The molecule has 2 aromatic heterocycles. The normalized spacial score (nSPS) is 14.8. The molecule has 0 saturated carbocycles. The first-order valence-corrected chi connectivity index (χ1v) is 24.0. The molecule has 0 unspecified atom stereocenters. The fourth-order valence-corrected chi connectivity index (χ4v) is 11.6. The quantitative estimate of drug-likeness (QED) is 0.162. The van der Waals surface area contributed by atoms with Gasteiger partial charge in [0.2, 0.25) is 0 Å². The van der Waals surface area contributed by atoms with Gasteiger partial charge in [-0.2, -0.15) is 0 Å². The maximum atomic E-state index is 7.40. The minimum atomic E-state index is -0.239. The van der Waals surface area contributed by atoms with Gasteiger partial charge in [0.05, 0.1) is 33.8 Å². The summed E-state index contributed by atoms with van der Waals surface area (Å²) in [6, 6.07) is 42.2. The lowest BCUT2D eigenvalue weighted by molar-refractivity contribution is 0.478. The van der Waals surface area contributed by atoms with Crippen molar-refractivity contribution in [3.05, 3.63) is 143 Å². The number of rotatable bonds is 2. The van der Waals surface area contributed by atoms with Crippen LogP contribution in [0.15, 0.2) is 109 Å². The van der Waals surface area contributed by atoms with E-state index >= 15 is 0 Å². The first kappa shape index (κ1) is 39.8. The summed E-state index contributed by atoms with van der Waals surface area (Å²) in [5.74, 6) is 4.10. The Morgan fingerprint density at radius 2 is 0.833 bits per heavy atom. The second kappa shape index (κ2) is 13.1. The van der Waals surface area contributed by atoms with E-state index < -0.39 is 0 Å². The number of benzene rings is 7. The summed E-state index contributed by atoms with van der Waals surface area (Å²) in [5.41, 5.74) is 19.3. The third kappa shape index (κ3) is 5.33. The van der Waals surface area contributed by atoms with Gasteiger partial charge in [0.1, 0.15) is 23.0 Å². The van der Waals surface area contributed by atoms with E-state index in [2.05, 4.69) is 211 Å². The molecule has 13 rings (SSSR count). The van der Waals surface area contributed by atoms with Gasteiger partial charge < -0.3 is 28.1 Å². The minimum Gasteiger partial charge on any atom is -0.456 e. The maximum absolute atomic E-state index is 7.40. The van der Waals surface area contributed by atoms with Gasteiger partial charge in [0.15, 0.2) is 0 Å². The second-order valence-electron chi connectivity index (χ2n) is 22.4. The Kier molecular flexibility index (Phi) is 7.89. The molecule has 0 saturated heterocycles. The molecule has 4 aliphatic heterocycles. The zero-order valence-electron chi connectivity index (χ0n) is 40.3. The third-order valence-corrected chi connectivity index (χ3v) is 15.2. The Morgan fingerprint density at radius 1 is 0.424 bits per heavy atom. The van der Waals surface area contributed by atoms with Crippen LogP contribution >= 0.6 is 0 Å². The smallest absolute Gasteiger partial charge is 0.424 e. The molecule has 6 nitrogen and oxygen atoms in total. The predicted octanol–water partition coefficient (Wildman–Crippen LogP) is 14.4. The molecule has 66 heavy (non-hydrogen) atoms. The first-order chi connectivity index (χ1) is 31.4. The minimum absolute atomic E-state index is 0.00993. The van der Waals surface area contributed by atoms with Crippen molar-refractivity contribution in [3.63, 3.8) is 0 Å². The highest BCUT2D eigenvalue weighted by molar-refractivity contribution is 6.83. The molecule has 0 atom stereocenters. The highest BCUT2D eigenvalue weighted by atomic mass is 16.5. The number of anilines is 4. The van der Waals surface area contributed by atoms with E-state index in [1.54, 1.807) is 0 Å². The molecular formula is C58H56B2N4O2. The molecular weight excluding hydrogens is 806 g/mol. The van der Waals surface area contributed by atoms with Crippen LogP contribution in [0, 0.1) is 13.8 Å². The van der Waals surface area contributed by atoms with E-state index in [9.17, 15) is 0 Å². The van der Waals surface area contributed by atoms with Crippen molar-refractivity contribution in [3.8, 4) is 23.0 Å². The topological polar surface area (TPSA) is 34.8 Å². The number of nitrogens with zero attached hydrogens (tertiary/aromatic N) is 4. The van der Waals surface area contributed by atoms with Gasteiger partial charge in [-0.15, -0.1) is 0 Å². The van der Waals surface area contributed by atoms with Crippen LogP contribution in [0.2, 0.25) is 0 Å². The van der Waals surface area contributed by atoms with E-state index in [0.29, 0.717) is 11.8 Å². The lowest BCUT2D eigenvalue weighted by Gasteiger charge is -2.27. The molecule has 9 aromatic rings. The van der Waals surface area contributed by atoms with Gasteiger partial charge in [0.25, 0.3) is 0 Å². The van der Waals surface area contributed by atoms with Crippen LogP contribution < -0.4 is 30.0 Å². The summed E-state index contributed by atoms with van der Waals surface area (Å²) in [6.45, 7) is 27.0. The third-order valence-electron chi connectivity index (χ3n) is 15.2. The summed E-state index contributed by atoms with van der Waals surface area (Å²) in [7, 11) is 0. The molecule has 0 bridgehead atoms. The Hall–Kier alpha value is -6.53. The van der Waals surface area contributed by atoms with Crippen LogP contribution in [0.25, 0.3) is 43.6 Å². The maximum Gasteiger partial charge on any atom is 0.424 e. The Bertz CT molecular complexity index is 3400. The van der Waals surface area contributed by atoms with Crippen molar-refractivity contribution in [1.29, 1.82) is 0 Å². The summed E-state index contributed by atoms with van der Waals surface area (Å²) in [6.07, 6.45) is 0. The van der Waals surface area contributed by atoms with Crippen LogP contribution in [0.5, 0.6) is 23.0 Å². The summed E-state index contributed by atoms with van der Waals surface area (Å²) < 4.78 is 20.0. The average Bonchev–Trinajstić information content (AvgIpc) is 3.94. The summed E-state index contributed by atoms with van der Waals surface area (Å²) in [5, 5.41) is 5.20.